The molecule has 0 unspecified atom stereocenters. The zero-order valence-electron chi connectivity index (χ0n) is 13.7. The number of ether oxygens (including phenoxy) is 1. The van der Waals surface area contributed by atoms with Gasteiger partial charge in [-0.2, -0.15) is 5.10 Å². The van der Waals surface area contributed by atoms with Crippen LogP contribution in [-0.2, 0) is 16.1 Å². The van der Waals surface area contributed by atoms with Crippen molar-refractivity contribution in [3.63, 3.8) is 0 Å². The zero-order valence-corrected chi connectivity index (χ0v) is 13.7. The van der Waals surface area contributed by atoms with Crippen molar-refractivity contribution in [2.75, 3.05) is 19.7 Å². The summed E-state index contributed by atoms with van der Waals surface area (Å²) in [4.78, 5) is 29.5. The first-order chi connectivity index (χ1) is 11.5. The third-order valence-corrected chi connectivity index (χ3v) is 3.89. The lowest BCUT2D eigenvalue weighted by Gasteiger charge is -2.30. The molecule has 2 aromatic rings. The quantitative estimate of drug-likeness (QED) is 0.897. The monoisotopic (exact) mass is 332 g/mol. The number of aliphatic carboxylic acids is 1. The third-order valence-electron chi connectivity index (χ3n) is 3.89. The number of amides is 1. The summed E-state index contributed by atoms with van der Waals surface area (Å²) in [6.45, 7) is 5.58. The van der Waals surface area contributed by atoms with Gasteiger partial charge in [0.2, 0.25) is 0 Å². The average molecular weight is 332 g/mol. The predicted molar refractivity (Wildman–Crippen MR) is 85.6 cm³/mol. The summed E-state index contributed by atoms with van der Waals surface area (Å²) in [5, 5.41) is 14.1. The number of carbonyl (C=O) groups is 2. The Kier molecular flexibility index (Phi) is 4.48. The number of hydrogen-bond donors (Lipinski definition) is 1. The molecule has 0 aliphatic carbocycles. The number of pyridine rings is 1. The van der Waals surface area contributed by atoms with Gasteiger partial charge in [-0.3, -0.25) is 4.79 Å². The summed E-state index contributed by atoms with van der Waals surface area (Å²) >= 11 is 0. The summed E-state index contributed by atoms with van der Waals surface area (Å²) in [6, 6.07) is 1.75. The summed E-state index contributed by atoms with van der Waals surface area (Å²) in [7, 11) is 0. The van der Waals surface area contributed by atoms with E-state index < -0.39 is 12.1 Å². The van der Waals surface area contributed by atoms with E-state index in [1.807, 2.05) is 4.68 Å². The summed E-state index contributed by atoms with van der Waals surface area (Å²) in [6.07, 6.45) is 2.24. The molecular formula is C16H20N4O4. The lowest BCUT2D eigenvalue weighted by molar-refractivity contribution is -0.154. The average Bonchev–Trinajstić information content (AvgIpc) is 2.95. The number of nitrogens with zero attached hydrogens (tertiary/aromatic N) is 4. The Morgan fingerprint density at radius 2 is 2.21 bits per heavy atom. The van der Waals surface area contributed by atoms with Crippen molar-refractivity contribution in [2.45, 2.75) is 26.5 Å². The van der Waals surface area contributed by atoms with E-state index in [9.17, 15) is 9.59 Å². The van der Waals surface area contributed by atoms with Gasteiger partial charge in [-0.25, -0.2) is 14.5 Å². The van der Waals surface area contributed by atoms with Gasteiger partial charge >= 0.3 is 5.97 Å². The molecule has 1 atom stereocenters. The number of carboxylic acids is 1. The van der Waals surface area contributed by atoms with Gasteiger partial charge in [-0.15, -0.1) is 0 Å². The van der Waals surface area contributed by atoms with E-state index in [0.717, 1.165) is 17.6 Å². The maximum absolute atomic E-state index is 12.6. The van der Waals surface area contributed by atoms with Crippen LogP contribution in [0.2, 0.25) is 0 Å². The van der Waals surface area contributed by atoms with E-state index in [2.05, 4.69) is 23.9 Å². The highest BCUT2D eigenvalue weighted by Crippen LogP contribution is 2.17. The molecule has 1 fully saturated rings. The van der Waals surface area contributed by atoms with Crippen molar-refractivity contribution in [1.29, 1.82) is 0 Å². The van der Waals surface area contributed by atoms with Crippen molar-refractivity contribution in [1.82, 2.24) is 19.7 Å². The van der Waals surface area contributed by atoms with Crippen LogP contribution in [-0.4, -0.2) is 62.4 Å². The van der Waals surface area contributed by atoms with Gasteiger partial charge in [0, 0.05) is 24.7 Å². The van der Waals surface area contributed by atoms with E-state index in [1.54, 1.807) is 12.3 Å². The van der Waals surface area contributed by atoms with Crippen LogP contribution in [0.1, 0.15) is 24.2 Å². The summed E-state index contributed by atoms with van der Waals surface area (Å²) in [5.41, 5.74) is 1.17. The fourth-order valence-corrected chi connectivity index (χ4v) is 2.73. The van der Waals surface area contributed by atoms with Crippen LogP contribution < -0.4 is 0 Å². The standard InChI is InChI=1S/C16H20N4O4/c1-10(2)8-20-14-11(7-18-20)5-12(6-17-14)15(21)19-3-4-24-13(9-19)16(22)23/h5-7,10,13H,3-4,8-9H2,1-2H3,(H,22,23)/t13-/m0/s1. The first-order valence-corrected chi connectivity index (χ1v) is 7.91. The third kappa shape index (κ3) is 3.23. The Balaban J connectivity index is 1.81. The van der Waals surface area contributed by atoms with Gasteiger partial charge in [-0.1, -0.05) is 13.8 Å². The number of carboxylic acid groups (broad SMARTS) is 1. The highest BCUT2D eigenvalue weighted by Gasteiger charge is 2.29. The summed E-state index contributed by atoms with van der Waals surface area (Å²) in [5.74, 6) is -0.857. The van der Waals surface area contributed by atoms with Gasteiger partial charge in [0.15, 0.2) is 11.8 Å². The normalized spacial score (nSPS) is 18.3. The first kappa shape index (κ1) is 16.4. The molecule has 0 spiro atoms. The van der Waals surface area contributed by atoms with Crippen molar-refractivity contribution in [3.8, 4) is 0 Å². The molecule has 128 valence electrons. The highest BCUT2D eigenvalue weighted by molar-refractivity contribution is 5.97. The van der Waals surface area contributed by atoms with E-state index in [-0.39, 0.29) is 19.1 Å². The number of aromatic nitrogens is 3. The van der Waals surface area contributed by atoms with Crippen LogP contribution in [0.25, 0.3) is 11.0 Å². The Bertz CT molecular complexity index is 771. The molecule has 24 heavy (non-hydrogen) atoms. The van der Waals surface area contributed by atoms with Crippen molar-refractivity contribution < 1.29 is 19.4 Å². The second-order valence-electron chi connectivity index (χ2n) is 6.31. The molecule has 3 rings (SSSR count). The highest BCUT2D eigenvalue weighted by atomic mass is 16.5. The Labute approximate surface area is 139 Å². The lowest BCUT2D eigenvalue weighted by atomic mass is 10.2. The largest absolute Gasteiger partial charge is 0.479 e. The lowest BCUT2D eigenvalue weighted by Crippen LogP contribution is -2.48. The molecule has 2 aromatic heterocycles. The molecule has 1 saturated heterocycles. The van der Waals surface area contributed by atoms with E-state index in [4.69, 9.17) is 9.84 Å². The van der Waals surface area contributed by atoms with E-state index >= 15 is 0 Å². The van der Waals surface area contributed by atoms with Crippen molar-refractivity contribution in [2.24, 2.45) is 5.92 Å². The Hall–Kier alpha value is -2.48. The number of hydrogen-bond acceptors (Lipinski definition) is 5. The molecular weight excluding hydrogens is 312 g/mol. The Morgan fingerprint density at radius 3 is 2.92 bits per heavy atom. The SMILES string of the molecule is CC(C)Cn1ncc2cc(C(=O)N3CCO[C@H](C(=O)O)C3)cnc21. The molecule has 0 bridgehead atoms. The number of rotatable bonds is 4. The second-order valence-corrected chi connectivity index (χ2v) is 6.31. The van der Waals surface area contributed by atoms with Crippen LogP contribution in [0.4, 0.5) is 0 Å². The van der Waals surface area contributed by atoms with Crippen LogP contribution in [0.3, 0.4) is 0 Å². The smallest absolute Gasteiger partial charge is 0.334 e. The minimum Gasteiger partial charge on any atom is -0.479 e. The molecule has 3 heterocycles. The zero-order chi connectivity index (χ0) is 17.3. The maximum atomic E-state index is 12.6. The minimum atomic E-state index is -1.06. The van der Waals surface area contributed by atoms with Crippen molar-refractivity contribution in [3.05, 3.63) is 24.0 Å². The molecule has 1 aliphatic heterocycles. The van der Waals surface area contributed by atoms with Crippen LogP contribution in [0.15, 0.2) is 18.5 Å². The van der Waals surface area contributed by atoms with Gasteiger partial charge in [0.1, 0.15) is 0 Å². The molecule has 8 nitrogen and oxygen atoms in total. The molecule has 8 heteroatoms. The number of morpholine rings is 1. The van der Waals surface area contributed by atoms with E-state index in [0.29, 0.717) is 18.0 Å². The maximum Gasteiger partial charge on any atom is 0.334 e. The molecule has 1 aliphatic rings. The minimum absolute atomic E-state index is 0.0405. The van der Waals surface area contributed by atoms with Gasteiger partial charge < -0.3 is 14.7 Å². The second kappa shape index (κ2) is 6.56. The predicted octanol–water partition coefficient (Wildman–Crippen LogP) is 1.01. The van der Waals surface area contributed by atoms with Crippen LogP contribution >= 0.6 is 0 Å². The number of carbonyl (C=O) groups excluding carboxylic acids is 1. The van der Waals surface area contributed by atoms with Gasteiger partial charge in [0.25, 0.3) is 5.91 Å². The van der Waals surface area contributed by atoms with Crippen LogP contribution in [0.5, 0.6) is 0 Å². The fourth-order valence-electron chi connectivity index (χ4n) is 2.73. The molecule has 0 aromatic carbocycles. The molecule has 0 radical (unpaired) electrons. The molecule has 1 N–H and O–H groups in total. The van der Waals surface area contributed by atoms with Crippen molar-refractivity contribution >= 4 is 22.9 Å². The topological polar surface area (TPSA) is 97.6 Å². The van der Waals surface area contributed by atoms with Gasteiger partial charge in [-0.05, 0) is 12.0 Å². The van der Waals surface area contributed by atoms with Crippen LogP contribution in [0, 0.1) is 5.92 Å². The fraction of sp³-hybridized carbons (Fsp3) is 0.500. The first-order valence-electron chi connectivity index (χ1n) is 7.91. The summed E-state index contributed by atoms with van der Waals surface area (Å²) < 4.78 is 6.97. The number of fused-ring (bicyclic) bond motifs is 1. The Morgan fingerprint density at radius 1 is 1.42 bits per heavy atom. The van der Waals surface area contributed by atoms with Gasteiger partial charge in [0.05, 0.1) is 24.9 Å². The molecule has 1 amide bonds. The van der Waals surface area contributed by atoms with E-state index in [1.165, 1.54) is 11.1 Å². The molecule has 0 saturated carbocycles.